The van der Waals surface area contributed by atoms with Gasteiger partial charge >= 0.3 is 11.9 Å². The van der Waals surface area contributed by atoms with E-state index in [9.17, 15) is 38.7 Å². The monoisotopic (exact) mass is 877 g/mol. The standard InChI is InChI=1S/C45H73ClN6O9/c1-14-27(5)37(50-44(60)45(10,11)47)29(7)17-16-18-30(8)43(59)61-35(23-26(3)4)39(54)48-31(9)40(55)52(13)34(24-32-19-21-33(46)22-20-32)41(56)51(12)25-36(53)49-38(42(57)58)28(6)15-2/h18-22,26-29,31,34-35,37-38H,14-17,23-25,47H2,1-13H3,(H,48,54)(H,49,53)(H,50,60)(H,57,58)/b30-18+. The molecule has 0 fully saturated rings. The molecule has 0 saturated heterocycles. The molecule has 0 radical (unpaired) electrons. The number of carboxylic acid groups (broad SMARTS) is 1. The number of carbonyl (C=O) groups excluding carboxylic acids is 6. The number of esters is 1. The summed E-state index contributed by atoms with van der Waals surface area (Å²) >= 11 is 6.09. The normalized spacial score (nSPS) is 15.8. The Hall–Kier alpha value is -4.50. The lowest BCUT2D eigenvalue weighted by molar-refractivity contribution is -0.154. The quantitative estimate of drug-likeness (QED) is 0.0663. The van der Waals surface area contributed by atoms with E-state index in [-0.39, 0.29) is 48.5 Å². The number of rotatable bonds is 25. The molecule has 0 saturated carbocycles. The van der Waals surface area contributed by atoms with Gasteiger partial charge in [-0.2, -0.15) is 0 Å². The van der Waals surface area contributed by atoms with Crippen LogP contribution in [0, 0.1) is 23.7 Å². The van der Waals surface area contributed by atoms with Crippen LogP contribution in [0.3, 0.4) is 0 Å². The number of allylic oxidation sites excluding steroid dienone is 1. The zero-order valence-corrected chi connectivity index (χ0v) is 39.4. The average Bonchev–Trinajstić information content (AvgIpc) is 3.18. The number of hydrogen-bond donors (Lipinski definition) is 5. The van der Waals surface area contributed by atoms with Gasteiger partial charge in [0.25, 0.3) is 5.91 Å². The van der Waals surface area contributed by atoms with E-state index in [1.54, 1.807) is 65.0 Å². The number of likely N-dealkylation sites (N-methyl/N-ethyl adjacent to an activating group) is 2. The third kappa shape index (κ3) is 18.2. The molecule has 0 bridgehead atoms. The molecule has 8 unspecified atom stereocenters. The molecule has 0 aromatic heterocycles. The van der Waals surface area contributed by atoms with E-state index in [0.29, 0.717) is 35.4 Å². The molecular formula is C45H73ClN6O9. The first-order valence-electron chi connectivity index (χ1n) is 21.3. The maximum absolute atomic E-state index is 14.0. The molecule has 0 aliphatic heterocycles. The van der Waals surface area contributed by atoms with Crippen LogP contribution in [0.2, 0.25) is 5.02 Å². The smallest absolute Gasteiger partial charge is 0.334 e. The van der Waals surface area contributed by atoms with E-state index in [2.05, 4.69) is 29.8 Å². The summed E-state index contributed by atoms with van der Waals surface area (Å²) in [5.74, 6) is -4.83. The van der Waals surface area contributed by atoms with Crippen molar-refractivity contribution >= 4 is 53.1 Å². The van der Waals surface area contributed by atoms with Crippen LogP contribution < -0.4 is 21.7 Å². The molecule has 0 spiro atoms. The van der Waals surface area contributed by atoms with E-state index in [4.69, 9.17) is 22.1 Å². The van der Waals surface area contributed by atoms with Crippen LogP contribution in [0.5, 0.6) is 0 Å². The number of ether oxygens (including phenoxy) is 1. The van der Waals surface area contributed by atoms with Gasteiger partial charge in [-0.05, 0) is 88.3 Å². The molecule has 1 rings (SSSR count). The molecule has 8 atom stereocenters. The number of hydrogen-bond acceptors (Lipinski definition) is 9. The number of aliphatic carboxylic acids is 1. The predicted octanol–water partition coefficient (Wildman–Crippen LogP) is 4.88. The van der Waals surface area contributed by atoms with Gasteiger partial charge in [-0.3, -0.25) is 24.0 Å². The Morgan fingerprint density at radius 2 is 1.44 bits per heavy atom. The molecular weight excluding hydrogens is 804 g/mol. The SMILES string of the molecule is CCC(C)C(NC(=O)CN(C)C(=O)C(Cc1ccc(Cl)cc1)N(C)C(=O)C(C)NC(=O)C(CC(C)C)OC(=O)/C(C)=C/CCC(C)C(NC(=O)C(C)(C)N)C(C)CC)C(=O)O. The Labute approximate surface area is 368 Å². The van der Waals surface area contributed by atoms with Crippen LogP contribution in [0.15, 0.2) is 35.9 Å². The third-order valence-electron chi connectivity index (χ3n) is 11.1. The van der Waals surface area contributed by atoms with Crippen molar-refractivity contribution in [3.8, 4) is 0 Å². The minimum atomic E-state index is -1.22. The van der Waals surface area contributed by atoms with Crippen molar-refractivity contribution in [2.75, 3.05) is 20.6 Å². The summed E-state index contributed by atoms with van der Waals surface area (Å²) in [7, 11) is 2.80. The van der Waals surface area contributed by atoms with Crippen LogP contribution in [0.25, 0.3) is 0 Å². The highest BCUT2D eigenvalue weighted by molar-refractivity contribution is 6.30. The van der Waals surface area contributed by atoms with Gasteiger partial charge < -0.3 is 41.3 Å². The average molecular weight is 878 g/mol. The summed E-state index contributed by atoms with van der Waals surface area (Å²) in [5, 5.41) is 18.4. The Morgan fingerprint density at radius 1 is 0.869 bits per heavy atom. The fourth-order valence-corrected chi connectivity index (χ4v) is 6.76. The molecule has 61 heavy (non-hydrogen) atoms. The molecule has 0 aliphatic carbocycles. The van der Waals surface area contributed by atoms with Crippen molar-refractivity contribution < 1.29 is 43.4 Å². The lowest BCUT2D eigenvalue weighted by Crippen LogP contribution is -2.56. The van der Waals surface area contributed by atoms with Crippen LogP contribution >= 0.6 is 11.6 Å². The van der Waals surface area contributed by atoms with Crippen LogP contribution in [-0.2, 0) is 44.7 Å². The first-order chi connectivity index (χ1) is 28.2. The molecule has 6 N–H and O–H groups in total. The number of amides is 5. The van der Waals surface area contributed by atoms with E-state index >= 15 is 0 Å². The number of carbonyl (C=O) groups is 7. The lowest BCUT2D eigenvalue weighted by Gasteiger charge is -2.33. The highest BCUT2D eigenvalue weighted by Crippen LogP contribution is 2.23. The second-order valence-corrected chi connectivity index (χ2v) is 18.0. The Morgan fingerprint density at radius 3 is 1.95 bits per heavy atom. The summed E-state index contributed by atoms with van der Waals surface area (Å²) in [6, 6.07) is 3.14. The number of nitrogens with zero attached hydrogens (tertiary/aromatic N) is 2. The summed E-state index contributed by atoms with van der Waals surface area (Å²) in [6.45, 7) is 19.4. The maximum Gasteiger partial charge on any atom is 0.334 e. The number of halogens is 1. The van der Waals surface area contributed by atoms with E-state index in [0.717, 1.165) is 11.3 Å². The Bertz CT molecular complexity index is 1680. The number of nitrogens with one attached hydrogen (secondary N) is 3. The Kier molecular flexibility index (Phi) is 22.7. The molecule has 0 aliphatic rings. The molecule has 15 nitrogen and oxygen atoms in total. The second-order valence-electron chi connectivity index (χ2n) is 17.6. The molecule has 16 heteroatoms. The number of carboxylic acids is 1. The van der Waals surface area contributed by atoms with Crippen molar-refractivity contribution in [1.29, 1.82) is 0 Å². The van der Waals surface area contributed by atoms with Gasteiger partial charge in [-0.15, -0.1) is 0 Å². The predicted molar refractivity (Wildman–Crippen MR) is 237 cm³/mol. The van der Waals surface area contributed by atoms with Crippen molar-refractivity contribution in [3.63, 3.8) is 0 Å². The highest BCUT2D eigenvalue weighted by Gasteiger charge is 2.35. The lowest BCUT2D eigenvalue weighted by atomic mass is 9.85. The van der Waals surface area contributed by atoms with E-state index in [1.807, 2.05) is 20.8 Å². The molecule has 344 valence electrons. The van der Waals surface area contributed by atoms with Gasteiger partial charge in [0.15, 0.2) is 6.10 Å². The van der Waals surface area contributed by atoms with Crippen molar-refractivity contribution in [1.82, 2.24) is 25.8 Å². The zero-order valence-electron chi connectivity index (χ0n) is 38.6. The first-order valence-corrected chi connectivity index (χ1v) is 21.7. The van der Waals surface area contributed by atoms with Crippen molar-refractivity contribution in [2.24, 2.45) is 29.4 Å². The highest BCUT2D eigenvalue weighted by atomic mass is 35.5. The zero-order chi connectivity index (χ0) is 46.9. The molecule has 1 aromatic rings. The summed E-state index contributed by atoms with van der Waals surface area (Å²) in [5.41, 5.74) is 5.98. The van der Waals surface area contributed by atoms with E-state index < -0.39 is 71.9 Å². The minimum Gasteiger partial charge on any atom is -0.480 e. The summed E-state index contributed by atoms with van der Waals surface area (Å²) in [6.07, 6.45) is 3.29. The first kappa shape index (κ1) is 54.5. The Balaban J connectivity index is 3.17. The van der Waals surface area contributed by atoms with Gasteiger partial charge in [-0.25, -0.2) is 9.59 Å². The summed E-state index contributed by atoms with van der Waals surface area (Å²) < 4.78 is 5.72. The fraction of sp³-hybridized carbons (Fsp3) is 0.667. The number of benzene rings is 1. The van der Waals surface area contributed by atoms with Crippen molar-refractivity contribution in [2.45, 2.75) is 150 Å². The van der Waals surface area contributed by atoms with Gasteiger partial charge in [-0.1, -0.05) is 91.1 Å². The van der Waals surface area contributed by atoms with Crippen molar-refractivity contribution in [3.05, 3.63) is 46.5 Å². The topological polar surface area (TPSA) is 218 Å². The van der Waals surface area contributed by atoms with Gasteiger partial charge in [0.05, 0.1) is 12.1 Å². The van der Waals surface area contributed by atoms with E-state index in [1.165, 1.54) is 25.9 Å². The van der Waals surface area contributed by atoms with Gasteiger partial charge in [0, 0.05) is 37.2 Å². The molecule has 0 heterocycles. The van der Waals surface area contributed by atoms with Crippen LogP contribution in [0.1, 0.15) is 114 Å². The number of nitrogens with two attached hydrogens (primary N) is 1. The van der Waals surface area contributed by atoms with Crippen LogP contribution in [-0.4, -0.2) is 113 Å². The van der Waals surface area contributed by atoms with Crippen LogP contribution in [0.4, 0.5) is 0 Å². The van der Waals surface area contributed by atoms with Gasteiger partial charge in [0.1, 0.15) is 18.1 Å². The maximum atomic E-state index is 14.0. The summed E-state index contributed by atoms with van der Waals surface area (Å²) in [4.78, 5) is 94.6. The molecule has 5 amide bonds. The third-order valence-corrected chi connectivity index (χ3v) is 11.4. The molecule has 1 aromatic carbocycles. The van der Waals surface area contributed by atoms with Gasteiger partial charge in [0.2, 0.25) is 23.6 Å². The second kappa shape index (κ2) is 25.4. The minimum absolute atomic E-state index is 0.0340. The largest absolute Gasteiger partial charge is 0.480 e. The fourth-order valence-electron chi connectivity index (χ4n) is 6.63.